The second-order valence-electron chi connectivity index (χ2n) is 6.27. The Morgan fingerprint density at radius 1 is 1.19 bits per heavy atom. The number of imidazole rings is 1. The van der Waals surface area contributed by atoms with E-state index < -0.39 is 27.8 Å². The lowest BCUT2D eigenvalue weighted by atomic mass is 9.97. The van der Waals surface area contributed by atoms with Gasteiger partial charge in [-0.2, -0.15) is 5.21 Å². The molecule has 0 spiro atoms. The van der Waals surface area contributed by atoms with Gasteiger partial charge in [-0.25, -0.2) is 27.7 Å². The van der Waals surface area contributed by atoms with Crippen LogP contribution in [0.5, 0.6) is 0 Å². The van der Waals surface area contributed by atoms with E-state index in [-0.39, 0.29) is 40.2 Å². The monoisotopic (exact) mass is 464 g/mol. The van der Waals surface area contributed by atoms with Crippen molar-refractivity contribution in [3.63, 3.8) is 0 Å². The molecule has 0 bridgehead atoms. The van der Waals surface area contributed by atoms with Crippen molar-refractivity contribution in [2.24, 2.45) is 10.9 Å². The standard InChI is InChI=1S/C16H17FN10O2S2/c17-7-5-9(13-10(6-7)22-16(19)23-13)8-1-2-11(31(29)21-4-3-18)14(30(20)28)12(8)15-24-26-27-25-15/h1-2,5-6,21H,3-4,18,20H2,(H3,19,22,23)(H,24,25,26,27). The van der Waals surface area contributed by atoms with E-state index >= 15 is 0 Å². The van der Waals surface area contributed by atoms with Crippen LogP contribution in [-0.2, 0) is 22.0 Å². The highest BCUT2D eigenvalue weighted by Gasteiger charge is 2.26. The first kappa shape index (κ1) is 21.1. The number of H-pyrrole nitrogens is 2. The Morgan fingerprint density at radius 2 is 2.00 bits per heavy atom. The van der Waals surface area contributed by atoms with Gasteiger partial charge >= 0.3 is 0 Å². The molecular weight excluding hydrogens is 447 g/mol. The summed E-state index contributed by atoms with van der Waals surface area (Å²) in [6.07, 6.45) is 0. The normalized spacial score (nSPS) is 13.5. The quantitative estimate of drug-likeness (QED) is 0.213. The highest BCUT2D eigenvalue weighted by molar-refractivity contribution is 7.86. The summed E-state index contributed by atoms with van der Waals surface area (Å²) in [5.74, 6) is -0.436. The van der Waals surface area contributed by atoms with Crippen LogP contribution < -0.4 is 21.3 Å². The molecule has 0 aliphatic rings. The molecule has 0 aliphatic heterocycles. The number of anilines is 1. The average Bonchev–Trinajstić information content (AvgIpc) is 3.39. The molecule has 0 radical (unpaired) electrons. The number of aromatic nitrogens is 6. The summed E-state index contributed by atoms with van der Waals surface area (Å²) in [6, 6.07) is 5.54. The summed E-state index contributed by atoms with van der Waals surface area (Å²) >= 11 is 0. The van der Waals surface area contributed by atoms with Crippen LogP contribution in [0.25, 0.3) is 33.5 Å². The van der Waals surface area contributed by atoms with E-state index in [1.165, 1.54) is 18.2 Å². The van der Waals surface area contributed by atoms with Gasteiger partial charge < -0.3 is 16.5 Å². The molecule has 2 aromatic carbocycles. The number of aromatic amines is 2. The number of hydrogen-bond donors (Lipinski definition) is 6. The second kappa shape index (κ2) is 8.56. The Kier molecular flexibility index (Phi) is 5.84. The van der Waals surface area contributed by atoms with Crippen LogP contribution in [-0.4, -0.2) is 52.1 Å². The van der Waals surface area contributed by atoms with Crippen LogP contribution >= 0.6 is 0 Å². The van der Waals surface area contributed by atoms with E-state index in [2.05, 4.69) is 35.3 Å². The third-order valence-electron chi connectivity index (χ3n) is 4.33. The molecule has 0 saturated carbocycles. The van der Waals surface area contributed by atoms with Crippen molar-refractivity contribution >= 4 is 39.0 Å². The zero-order valence-electron chi connectivity index (χ0n) is 15.8. The van der Waals surface area contributed by atoms with Crippen molar-refractivity contribution in [2.75, 3.05) is 18.8 Å². The van der Waals surface area contributed by atoms with E-state index in [1.807, 2.05) is 0 Å². The van der Waals surface area contributed by atoms with Gasteiger partial charge in [-0.15, -0.1) is 10.2 Å². The molecule has 2 aromatic heterocycles. The van der Waals surface area contributed by atoms with Crippen molar-refractivity contribution in [2.45, 2.75) is 9.79 Å². The van der Waals surface area contributed by atoms with E-state index in [0.717, 1.165) is 0 Å². The summed E-state index contributed by atoms with van der Waals surface area (Å²) < 4.78 is 42.4. The van der Waals surface area contributed by atoms with Crippen molar-refractivity contribution in [1.29, 1.82) is 0 Å². The van der Waals surface area contributed by atoms with Crippen LogP contribution in [0.3, 0.4) is 0 Å². The minimum absolute atomic E-state index is 0.00248. The third kappa shape index (κ3) is 3.96. The molecule has 2 heterocycles. The van der Waals surface area contributed by atoms with E-state index in [1.54, 1.807) is 6.07 Å². The largest absolute Gasteiger partial charge is 0.369 e. The van der Waals surface area contributed by atoms with Crippen molar-refractivity contribution in [3.05, 3.63) is 30.1 Å². The van der Waals surface area contributed by atoms with Crippen LogP contribution in [0.2, 0.25) is 0 Å². The SMILES string of the molecule is NCCNS(=O)c1ccc(-c2cc(F)cc3[nH]c(N)nc23)c(-c2nn[nH]n2)c1S(N)=O. The lowest BCUT2D eigenvalue weighted by molar-refractivity contribution is 0.630. The molecule has 15 heteroatoms. The number of rotatable bonds is 7. The zero-order valence-corrected chi connectivity index (χ0v) is 17.4. The lowest BCUT2D eigenvalue weighted by Gasteiger charge is -2.15. The molecule has 162 valence electrons. The molecule has 2 atom stereocenters. The molecule has 0 amide bonds. The first-order valence-electron chi connectivity index (χ1n) is 8.78. The molecular formula is C16H17FN10O2S2. The lowest BCUT2D eigenvalue weighted by Crippen LogP contribution is -2.26. The number of nitrogens with zero attached hydrogens (tertiary/aromatic N) is 4. The van der Waals surface area contributed by atoms with Crippen molar-refractivity contribution in [1.82, 2.24) is 35.3 Å². The fourth-order valence-electron chi connectivity index (χ4n) is 3.16. The van der Waals surface area contributed by atoms with Gasteiger partial charge in [-0.3, -0.25) is 0 Å². The molecule has 0 saturated heterocycles. The maximum Gasteiger partial charge on any atom is 0.206 e. The number of tetrazole rings is 1. The molecule has 2 unspecified atom stereocenters. The Labute approximate surface area is 179 Å². The summed E-state index contributed by atoms with van der Waals surface area (Å²) in [6.45, 7) is 0.490. The number of hydrogen-bond acceptors (Lipinski definition) is 8. The van der Waals surface area contributed by atoms with E-state index in [0.29, 0.717) is 22.2 Å². The van der Waals surface area contributed by atoms with Gasteiger partial charge in [0, 0.05) is 24.2 Å². The van der Waals surface area contributed by atoms with Gasteiger partial charge in [0.25, 0.3) is 0 Å². The number of benzene rings is 2. The number of fused-ring (bicyclic) bond motifs is 1. The Morgan fingerprint density at radius 3 is 2.68 bits per heavy atom. The molecule has 4 aromatic rings. The Balaban J connectivity index is 2.06. The number of halogens is 1. The van der Waals surface area contributed by atoms with E-state index in [4.69, 9.17) is 16.6 Å². The molecule has 12 nitrogen and oxygen atoms in total. The topological polar surface area (TPSA) is 207 Å². The predicted molar refractivity (Wildman–Crippen MR) is 113 cm³/mol. The number of nitrogen functional groups attached to an aromatic ring is 1. The highest BCUT2D eigenvalue weighted by atomic mass is 32.2. The Hall–Kier alpha value is -3.11. The van der Waals surface area contributed by atoms with Gasteiger partial charge in [0.05, 0.1) is 20.8 Å². The number of nitrogens with one attached hydrogen (secondary N) is 3. The maximum absolute atomic E-state index is 14.4. The van der Waals surface area contributed by atoms with Crippen LogP contribution in [0.1, 0.15) is 0 Å². The molecule has 4 rings (SSSR count). The molecule has 31 heavy (non-hydrogen) atoms. The first-order chi connectivity index (χ1) is 14.9. The summed E-state index contributed by atoms with van der Waals surface area (Å²) in [7, 11) is -3.90. The van der Waals surface area contributed by atoms with Gasteiger partial charge in [0.15, 0.2) is 5.95 Å². The van der Waals surface area contributed by atoms with Gasteiger partial charge in [-0.05, 0) is 29.0 Å². The van der Waals surface area contributed by atoms with Crippen LogP contribution in [0.4, 0.5) is 10.3 Å². The smallest absolute Gasteiger partial charge is 0.206 e. The minimum Gasteiger partial charge on any atom is -0.369 e. The summed E-state index contributed by atoms with van der Waals surface area (Å²) in [5, 5.41) is 19.5. The van der Waals surface area contributed by atoms with Crippen molar-refractivity contribution in [3.8, 4) is 22.5 Å². The van der Waals surface area contributed by atoms with Gasteiger partial charge in [-0.1, -0.05) is 6.07 Å². The molecule has 0 aliphatic carbocycles. The average molecular weight is 465 g/mol. The highest BCUT2D eigenvalue weighted by Crippen LogP contribution is 2.40. The summed E-state index contributed by atoms with van der Waals surface area (Å²) in [5.41, 5.74) is 12.8. The fraction of sp³-hybridized carbons (Fsp3) is 0.125. The number of nitrogens with two attached hydrogens (primary N) is 3. The van der Waals surface area contributed by atoms with Crippen molar-refractivity contribution < 1.29 is 12.8 Å². The minimum atomic E-state index is -2.11. The van der Waals surface area contributed by atoms with Gasteiger partial charge in [0.1, 0.15) is 27.8 Å². The van der Waals surface area contributed by atoms with Gasteiger partial charge in [0.2, 0.25) is 5.82 Å². The Bertz CT molecular complexity index is 1310. The van der Waals surface area contributed by atoms with E-state index in [9.17, 15) is 12.8 Å². The molecule has 9 N–H and O–H groups in total. The third-order valence-corrected chi connectivity index (χ3v) is 6.49. The second-order valence-corrected chi connectivity index (χ2v) is 8.54. The fourth-order valence-corrected chi connectivity index (χ4v) is 5.22. The predicted octanol–water partition coefficient (Wildman–Crippen LogP) is -0.316. The van der Waals surface area contributed by atoms with Crippen LogP contribution in [0.15, 0.2) is 34.1 Å². The zero-order chi connectivity index (χ0) is 22.1. The first-order valence-corrected chi connectivity index (χ1v) is 11.1. The molecule has 0 fully saturated rings. The van der Waals surface area contributed by atoms with Crippen LogP contribution in [0, 0.1) is 5.82 Å². The summed E-state index contributed by atoms with van der Waals surface area (Å²) in [4.78, 5) is 7.15. The maximum atomic E-state index is 14.4.